The van der Waals surface area contributed by atoms with Gasteiger partial charge in [0.05, 0.1) is 17.1 Å². The van der Waals surface area contributed by atoms with Crippen molar-refractivity contribution in [2.24, 2.45) is 0 Å². The molecule has 4 N–H and O–H groups in total. The zero-order chi connectivity index (χ0) is 15.6. The molecular formula is C13H9F4N3O. The fraction of sp³-hybridized carbons (Fsp3) is 0. The number of carbonyl (C=O) groups excluding carboxylic acids is 1. The van der Waals surface area contributed by atoms with Gasteiger partial charge in [-0.25, -0.2) is 22.4 Å². The number of urea groups is 1. The molecule has 0 bridgehead atoms. The molecule has 2 rings (SSSR count). The monoisotopic (exact) mass is 299 g/mol. The molecule has 110 valence electrons. The Labute approximate surface area is 116 Å². The third kappa shape index (κ3) is 3.41. The van der Waals surface area contributed by atoms with E-state index in [1.807, 2.05) is 5.32 Å². The number of nitrogens with one attached hydrogen (secondary N) is 2. The Morgan fingerprint density at radius 2 is 1.48 bits per heavy atom. The number of hydrogen-bond acceptors (Lipinski definition) is 2. The summed E-state index contributed by atoms with van der Waals surface area (Å²) in [6.07, 6.45) is 0. The number of hydrogen-bond donors (Lipinski definition) is 3. The highest BCUT2D eigenvalue weighted by Crippen LogP contribution is 2.21. The van der Waals surface area contributed by atoms with Crippen molar-refractivity contribution in [3.63, 3.8) is 0 Å². The van der Waals surface area contributed by atoms with Gasteiger partial charge in [-0.3, -0.25) is 0 Å². The van der Waals surface area contributed by atoms with Crippen LogP contribution in [0.1, 0.15) is 0 Å². The molecular weight excluding hydrogens is 290 g/mol. The van der Waals surface area contributed by atoms with Crippen molar-refractivity contribution in [2.45, 2.75) is 0 Å². The van der Waals surface area contributed by atoms with E-state index in [1.165, 1.54) is 0 Å². The molecule has 0 saturated heterocycles. The van der Waals surface area contributed by atoms with Crippen LogP contribution in [0.2, 0.25) is 0 Å². The van der Waals surface area contributed by atoms with Gasteiger partial charge in [-0.15, -0.1) is 0 Å². The van der Waals surface area contributed by atoms with Crippen LogP contribution in [0.3, 0.4) is 0 Å². The lowest BCUT2D eigenvalue weighted by molar-refractivity contribution is 0.262. The average molecular weight is 299 g/mol. The van der Waals surface area contributed by atoms with E-state index < -0.39 is 29.3 Å². The van der Waals surface area contributed by atoms with E-state index in [9.17, 15) is 22.4 Å². The summed E-state index contributed by atoms with van der Waals surface area (Å²) in [4.78, 5) is 11.6. The van der Waals surface area contributed by atoms with E-state index in [2.05, 4.69) is 5.32 Å². The zero-order valence-electron chi connectivity index (χ0n) is 10.4. The number of halogens is 4. The highest BCUT2D eigenvalue weighted by molar-refractivity contribution is 6.00. The Balaban J connectivity index is 2.13. The third-order valence-corrected chi connectivity index (χ3v) is 2.51. The zero-order valence-corrected chi connectivity index (χ0v) is 10.4. The van der Waals surface area contributed by atoms with Crippen molar-refractivity contribution >= 4 is 23.1 Å². The van der Waals surface area contributed by atoms with Crippen LogP contribution in [0.4, 0.5) is 39.4 Å². The number of nitrogen functional groups attached to an aromatic ring is 1. The Hall–Kier alpha value is -2.77. The molecule has 0 aliphatic heterocycles. The molecule has 0 atom stereocenters. The summed E-state index contributed by atoms with van der Waals surface area (Å²) in [5, 5.41) is 4.09. The van der Waals surface area contributed by atoms with E-state index in [1.54, 1.807) is 0 Å². The molecule has 2 aromatic rings. The van der Waals surface area contributed by atoms with Crippen LogP contribution in [0.25, 0.3) is 0 Å². The second-order valence-electron chi connectivity index (χ2n) is 4.06. The van der Waals surface area contributed by atoms with Gasteiger partial charge in [0.1, 0.15) is 23.3 Å². The summed E-state index contributed by atoms with van der Waals surface area (Å²) in [5.74, 6) is -3.82. The smallest absolute Gasteiger partial charge is 0.323 e. The molecule has 2 amide bonds. The maximum absolute atomic E-state index is 13.4. The van der Waals surface area contributed by atoms with Gasteiger partial charge in [0.25, 0.3) is 0 Å². The lowest BCUT2D eigenvalue weighted by Crippen LogP contribution is -2.21. The summed E-state index contributed by atoms with van der Waals surface area (Å²) in [7, 11) is 0. The number of rotatable bonds is 2. The predicted octanol–water partition coefficient (Wildman–Crippen LogP) is 3.47. The maximum atomic E-state index is 13.4. The summed E-state index contributed by atoms with van der Waals surface area (Å²) >= 11 is 0. The van der Waals surface area contributed by atoms with Gasteiger partial charge < -0.3 is 16.4 Å². The molecule has 0 spiro atoms. The number of benzene rings is 2. The van der Waals surface area contributed by atoms with Crippen molar-refractivity contribution in [1.29, 1.82) is 0 Å². The van der Waals surface area contributed by atoms with E-state index in [0.29, 0.717) is 12.1 Å². The van der Waals surface area contributed by atoms with E-state index in [-0.39, 0.29) is 17.1 Å². The molecule has 21 heavy (non-hydrogen) atoms. The number of anilines is 3. The van der Waals surface area contributed by atoms with Crippen LogP contribution in [0.15, 0.2) is 30.3 Å². The van der Waals surface area contributed by atoms with Crippen molar-refractivity contribution in [1.82, 2.24) is 0 Å². The highest BCUT2D eigenvalue weighted by atomic mass is 19.1. The summed E-state index contributed by atoms with van der Waals surface area (Å²) in [6.45, 7) is 0. The van der Waals surface area contributed by atoms with Gasteiger partial charge in [-0.2, -0.15) is 0 Å². The quantitative estimate of drug-likeness (QED) is 0.587. The SMILES string of the molecule is Nc1cc(NC(=O)Nc2ccc(F)cc2F)c(F)cc1F. The minimum absolute atomic E-state index is 0.301. The molecule has 0 fully saturated rings. The van der Waals surface area contributed by atoms with Crippen LogP contribution in [0, 0.1) is 23.3 Å². The number of nitrogens with two attached hydrogens (primary N) is 1. The van der Waals surface area contributed by atoms with Gasteiger partial charge in [0.2, 0.25) is 0 Å². The largest absolute Gasteiger partial charge is 0.396 e. The molecule has 0 heterocycles. The molecule has 0 radical (unpaired) electrons. The maximum Gasteiger partial charge on any atom is 0.323 e. The first-order valence-corrected chi connectivity index (χ1v) is 5.64. The van der Waals surface area contributed by atoms with Gasteiger partial charge >= 0.3 is 6.03 Å². The summed E-state index contributed by atoms with van der Waals surface area (Å²) in [5.41, 5.74) is 4.20. The topological polar surface area (TPSA) is 67.1 Å². The molecule has 0 saturated carbocycles. The van der Waals surface area contributed by atoms with E-state index in [0.717, 1.165) is 18.2 Å². The highest BCUT2D eigenvalue weighted by Gasteiger charge is 2.12. The van der Waals surface area contributed by atoms with Crippen LogP contribution in [-0.4, -0.2) is 6.03 Å². The van der Waals surface area contributed by atoms with Crippen molar-refractivity contribution < 1.29 is 22.4 Å². The standard InChI is InChI=1S/C13H9F4N3O/c14-6-1-2-11(8(16)3-6)19-13(21)20-12-5-10(18)7(15)4-9(12)17/h1-5H,18H2,(H2,19,20,21). The summed E-state index contributed by atoms with van der Waals surface area (Å²) in [6, 6.07) is 2.90. The lowest BCUT2D eigenvalue weighted by Gasteiger charge is -2.10. The molecule has 0 aliphatic carbocycles. The normalized spacial score (nSPS) is 10.3. The third-order valence-electron chi connectivity index (χ3n) is 2.51. The molecule has 4 nitrogen and oxygen atoms in total. The first-order chi connectivity index (χ1) is 9.86. The second kappa shape index (κ2) is 5.70. The van der Waals surface area contributed by atoms with Gasteiger partial charge in [-0.1, -0.05) is 0 Å². The van der Waals surface area contributed by atoms with Crippen LogP contribution in [-0.2, 0) is 0 Å². The first-order valence-electron chi connectivity index (χ1n) is 5.64. The summed E-state index contributed by atoms with van der Waals surface area (Å²) < 4.78 is 52.4. The Bertz CT molecular complexity index is 706. The van der Waals surface area contributed by atoms with Crippen LogP contribution >= 0.6 is 0 Å². The Morgan fingerprint density at radius 3 is 2.14 bits per heavy atom. The van der Waals surface area contributed by atoms with E-state index in [4.69, 9.17) is 5.73 Å². The van der Waals surface area contributed by atoms with Crippen molar-refractivity contribution in [3.8, 4) is 0 Å². The average Bonchev–Trinajstić information content (AvgIpc) is 2.39. The fourth-order valence-electron chi connectivity index (χ4n) is 1.53. The molecule has 0 aromatic heterocycles. The van der Waals surface area contributed by atoms with Gasteiger partial charge in [0, 0.05) is 12.1 Å². The van der Waals surface area contributed by atoms with Gasteiger partial charge in [0.15, 0.2) is 0 Å². The molecule has 0 aliphatic rings. The predicted molar refractivity (Wildman–Crippen MR) is 69.8 cm³/mol. The lowest BCUT2D eigenvalue weighted by atomic mass is 10.2. The first kappa shape index (κ1) is 14.6. The number of carbonyl (C=O) groups is 1. The Morgan fingerprint density at radius 1 is 0.857 bits per heavy atom. The number of amides is 2. The van der Waals surface area contributed by atoms with Crippen LogP contribution < -0.4 is 16.4 Å². The minimum atomic E-state index is -1.04. The van der Waals surface area contributed by atoms with E-state index >= 15 is 0 Å². The molecule has 8 heteroatoms. The fourth-order valence-corrected chi connectivity index (χ4v) is 1.53. The Kier molecular flexibility index (Phi) is 3.97. The van der Waals surface area contributed by atoms with Crippen molar-refractivity contribution in [3.05, 3.63) is 53.6 Å². The molecule has 2 aromatic carbocycles. The minimum Gasteiger partial charge on any atom is -0.396 e. The van der Waals surface area contributed by atoms with Crippen molar-refractivity contribution in [2.75, 3.05) is 16.4 Å². The van der Waals surface area contributed by atoms with Crippen LogP contribution in [0.5, 0.6) is 0 Å². The molecule has 0 unspecified atom stereocenters. The van der Waals surface area contributed by atoms with Gasteiger partial charge in [-0.05, 0) is 18.2 Å². The second-order valence-corrected chi connectivity index (χ2v) is 4.06.